The molecule has 0 aliphatic carbocycles. The summed E-state index contributed by atoms with van der Waals surface area (Å²) in [5.74, 6) is -1.10. The SMILES string of the molecule is CC(CNC(=O)Cn1ccc2ccc(Cl)cc21)CC(=O)O. The second-order valence-electron chi connectivity index (χ2n) is 5.15. The second kappa shape index (κ2) is 6.63. The molecule has 6 heteroatoms. The molecule has 1 unspecified atom stereocenters. The summed E-state index contributed by atoms with van der Waals surface area (Å²) in [5, 5.41) is 13.1. The van der Waals surface area contributed by atoms with Crippen LogP contribution in [0.5, 0.6) is 0 Å². The lowest BCUT2D eigenvalue weighted by Crippen LogP contribution is -2.31. The molecular formula is C15H17ClN2O3. The van der Waals surface area contributed by atoms with E-state index in [2.05, 4.69) is 5.32 Å². The molecule has 2 rings (SSSR count). The minimum Gasteiger partial charge on any atom is -0.481 e. The Kier molecular flexibility index (Phi) is 4.85. The number of nitrogens with zero attached hydrogens (tertiary/aromatic N) is 1. The number of fused-ring (bicyclic) bond motifs is 1. The molecule has 0 saturated carbocycles. The van der Waals surface area contributed by atoms with Crippen LogP contribution in [0, 0.1) is 5.92 Å². The fourth-order valence-electron chi connectivity index (χ4n) is 2.16. The molecule has 112 valence electrons. The molecule has 1 aromatic heterocycles. The number of halogens is 1. The van der Waals surface area contributed by atoms with Gasteiger partial charge in [-0.3, -0.25) is 9.59 Å². The molecule has 1 atom stereocenters. The minimum atomic E-state index is -0.859. The highest BCUT2D eigenvalue weighted by Crippen LogP contribution is 2.20. The fraction of sp³-hybridized carbons (Fsp3) is 0.333. The van der Waals surface area contributed by atoms with Crippen molar-refractivity contribution in [3.8, 4) is 0 Å². The Morgan fingerprint density at radius 3 is 2.86 bits per heavy atom. The van der Waals surface area contributed by atoms with Gasteiger partial charge in [0.2, 0.25) is 5.91 Å². The molecule has 1 heterocycles. The summed E-state index contributed by atoms with van der Waals surface area (Å²) in [5.41, 5.74) is 0.899. The third-order valence-corrected chi connectivity index (χ3v) is 3.46. The maximum Gasteiger partial charge on any atom is 0.303 e. The summed E-state index contributed by atoms with van der Waals surface area (Å²) >= 11 is 5.97. The number of hydrogen-bond donors (Lipinski definition) is 2. The molecule has 0 aliphatic heterocycles. The Morgan fingerprint density at radius 2 is 2.14 bits per heavy atom. The van der Waals surface area contributed by atoms with Gasteiger partial charge in [0, 0.05) is 29.7 Å². The van der Waals surface area contributed by atoms with E-state index in [1.807, 2.05) is 35.0 Å². The molecule has 0 radical (unpaired) electrons. The number of aromatic nitrogens is 1. The lowest BCUT2D eigenvalue weighted by molar-refractivity contribution is -0.138. The minimum absolute atomic E-state index is 0.0440. The van der Waals surface area contributed by atoms with Crippen molar-refractivity contribution in [2.24, 2.45) is 5.92 Å². The van der Waals surface area contributed by atoms with Crippen LogP contribution in [0.4, 0.5) is 0 Å². The number of carbonyl (C=O) groups excluding carboxylic acids is 1. The fourth-order valence-corrected chi connectivity index (χ4v) is 2.33. The van der Waals surface area contributed by atoms with Gasteiger partial charge in [-0.15, -0.1) is 0 Å². The first-order valence-electron chi connectivity index (χ1n) is 6.68. The molecule has 0 aliphatic rings. The molecule has 2 aromatic rings. The molecule has 21 heavy (non-hydrogen) atoms. The van der Waals surface area contributed by atoms with E-state index in [1.165, 1.54) is 0 Å². The molecule has 2 N–H and O–H groups in total. The van der Waals surface area contributed by atoms with Gasteiger partial charge in [0.1, 0.15) is 6.54 Å². The van der Waals surface area contributed by atoms with Gasteiger partial charge >= 0.3 is 5.97 Å². The molecule has 5 nitrogen and oxygen atoms in total. The third-order valence-electron chi connectivity index (χ3n) is 3.22. The van der Waals surface area contributed by atoms with Crippen LogP contribution >= 0.6 is 11.6 Å². The predicted octanol–water partition coefficient (Wildman–Crippen LogP) is 2.52. The maximum absolute atomic E-state index is 11.9. The lowest BCUT2D eigenvalue weighted by atomic mass is 10.1. The number of hydrogen-bond acceptors (Lipinski definition) is 2. The Bertz CT molecular complexity index is 666. The summed E-state index contributed by atoms with van der Waals surface area (Å²) in [7, 11) is 0. The van der Waals surface area contributed by atoms with Crippen molar-refractivity contribution in [1.29, 1.82) is 0 Å². The Hall–Kier alpha value is -2.01. The van der Waals surface area contributed by atoms with Gasteiger partial charge in [0.25, 0.3) is 0 Å². The van der Waals surface area contributed by atoms with E-state index in [0.717, 1.165) is 10.9 Å². The average Bonchev–Trinajstić information content (AvgIpc) is 2.78. The van der Waals surface area contributed by atoms with E-state index in [0.29, 0.717) is 11.6 Å². The summed E-state index contributed by atoms with van der Waals surface area (Å²) in [6, 6.07) is 7.45. The van der Waals surface area contributed by atoms with Gasteiger partial charge in [-0.05, 0) is 29.5 Å². The monoisotopic (exact) mass is 308 g/mol. The van der Waals surface area contributed by atoms with Crippen LogP contribution in [-0.2, 0) is 16.1 Å². The van der Waals surface area contributed by atoms with Crippen molar-refractivity contribution in [3.05, 3.63) is 35.5 Å². The number of rotatable bonds is 6. The molecule has 1 amide bonds. The van der Waals surface area contributed by atoms with Crippen molar-refractivity contribution < 1.29 is 14.7 Å². The summed E-state index contributed by atoms with van der Waals surface area (Å²) in [6.45, 7) is 2.33. The van der Waals surface area contributed by atoms with Gasteiger partial charge in [-0.2, -0.15) is 0 Å². The standard InChI is InChI=1S/C15H17ClN2O3/c1-10(6-15(20)21)8-17-14(19)9-18-5-4-11-2-3-12(16)7-13(11)18/h2-5,7,10H,6,8-9H2,1H3,(H,17,19)(H,20,21). The Labute approximate surface area is 127 Å². The quantitative estimate of drug-likeness (QED) is 0.861. The lowest BCUT2D eigenvalue weighted by Gasteiger charge is -2.11. The first-order valence-corrected chi connectivity index (χ1v) is 7.06. The smallest absolute Gasteiger partial charge is 0.303 e. The summed E-state index contributed by atoms with van der Waals surface area (Å²) in [4.78, 5) is 22.5. The molecule has 0 fully saturated rings. The first kappa shape index (κ1) is 15.4. The van der Waals surface area contributed by atoms with E-state index in [9.17, 15) is 9.59 Å². The average molecular weight is 309 g/mol. The van der Waals surface area contributed by atoms with Crippen LogP contribution in [-0.4, -0.2) is 28.1 Å². The van der Waals surface area contributed by atoms with Gasteiger partial charge in [0.15, 0.2) is 0 Å². The largest absolute Gasteiger partial charge is 0.481 e. The highest BCUT2D eigenvalue weighted by Gasteiger charge is 2.10. The van der Waals surface area contributed by atoms with Crippen LogP contribution in [0.3, 0.4) is 0 Å². The predicted molar refractivity (Wildman–Crippen MR) is 81.4 cm³/mol. The maximum atomic E-state index is 11.9. The molecular weight excluding hydrogens is 292 g/mol. The van der Waals surface area contributed by atoms with Crippen molar-refractivity contribution >= 4 is 34.4 Å². The van der Waals surface area contributed by atoms with Crippen molar-refractivity contribution in [3.63, 3.8) is 0 Å². The van der Waals surface area contributed by atoms with Gasteiger partial charge in [0.05, 0.1) is 0 Å². The number of benzene rings is 1. The van der Waals surface area contributed by atoms with Crippen molar-refractivity contribution in [2.75, 3.05) is 6.54 Å². The number of carboxylic acids is 1. The number of carboxylic acid groups (broad SMARTS) is 1. The number of amides is 1. The van der Waals surface area contributed by atoms with E-state index >= 15 is 0 Å². The van der Waals surface area contributed by atoms with E-state index in [-0.39, 0.29) is 24.8 Å². The Balaban J connectivity index is 1.95. The van der Waals surface area contributed by atoms with Gasteiger partial charge in [-0.1, -0.05) is 24.6 Å². The van der Waals surface area contributed by atoms with Crippen molar-refractivity contribution in [1.82, 2.24) is 9.88 Å². The molecule has 0 bridgehead atoms. The molecule has 0 saturated heterocycles. The number of aliphatic carboxylic acids is 1. The van der Waals surface area contributed by atoms with Crippen LogP contribution in [0.2, 0.25) is 5.02 Å². The highest BCUT2D eigenvalue weighted by atomic mass is 35.5. The molecule has 1 aromatic carbocycles. The zero-order chi connectivity index (χ0) is 15.4. The van der Waals surface area contributed by atoms with E-state index in [4.69, 9.17) is 16.7 Å². The van der Waals surface area contributed by atoms with Crippen LogP contribution in [0.1, 0.15) is 13.3 Å². The van der Waals surface area contributed by atoms with E-state index in [1.54, 1.807) is 6.92 Å². The van der Waals surface area contributed by atoms with Crippen LogP contribution in [0.15, 0.2) is 30.5 Å². The highest BCUT2D eigenvalue weighted by molar-refractivity contribution is 6.31. The number of carbonyl (C=O) groups is 2. The number of nitrogens with one attached hydrogen (secondary N) is 1. The topological polar surface area (TPSA) is 71.3 Å². The van der Waals surface area contributed by atoms with Crippen LogP contribution in [0.25, 0.3) is 10.9 Å². The summed E-state index contributed by atoms with van der Waals surface area (Å²) in [6.07, 6.45) is 1.88. The van der Waals surface area contributed by atoms with Crippen LogP contribution < -0.4 is 5.32 Å². The summed E-state index contributed by atoms with van der Waals surface area (Å²) < 4.78 is 1.82. The Morgan fingerprint density at radius 1 is 1.38 bits per heavy atom. The second-order valence-corrected chi connectivity index (χ2v) is 5.59. The van der Waals surface area contributed by atoms with Crippen molar-refractivity contribution in [2.45, 2.75) is 19.9 Å². The zero-order valence-corrected chi connectivity index (χ0v) is 12.4. The van der Waals surface area contributed by atoms with Gasteiger partial charge < -0.3 is 15.0 Å². The zero-order valence-electron chi connectivity index (χ0n) is 11.7. The third kappa shape index (κ3) is 4.23. The van der Waals surface area contributed by atoms with E-state index < -0.39 is 5.97 Å². The molecule has 0 spiro atoms. The normalized spacial score (nSPS) is 12.3. The van der Waals surface area contributed by atoms with Gasteiger partial charge in [-0.25, -0.2) is 0 Å². The first-order chi connectivity index (χ1) is 9.95.